The van der Waals surface area contributed by atoms with Gasteiger partial charge in [0.2, 0.25) is 17.7 Å². The molecule has 1 aromatic rings. The van der Waals surface area contributed by atoms with Crippen molar-refractivity contribution in [2.24, 2.45) is 11.8 Å². The van der Waals surface area contributed by atoms with Crippen molar-refractivity contribution in [1.82, 2.24) is 15.1 Å². The summed E-state index contributed by atoms with van der Waals surface area (Å²) in [7, 11) is 4.05. The van der Waals surface area contributed by atoms with Crippen molar-refractivity contribution >= 4 is 17.7 Å². The highest BCUT2D eigenvalue weighted by Gasteiger charge is 2.47. The van der Waals surface area contributed by atoms with Crippen LogP contribution in [0.3, 0.4) is 0 Å². The Balaban J connectivity index is 1.44. The second-order valence-electron chi connectivity index (χ2n) is 7.91. The molecule has 6 nitrogen and oxygen atoms in total. The molecular formula is C21H29N3O3. The van der Waals surface area contributed by atoms with Gasteiger partial charge in [0.15, 0.2) is 0 Å². The van der Waals surface area contributed by atoms with Crippen LogP contribution in [0.15, 0.2) is 24.3 Å². The first-order valence-electron chi connectivity index (χ1n) is 9.80. The lowest BCUT2D eigenvalue weighted by Crippen LogP contribution is -2.35. The highest BCUT2D eigenvalue weighted by Crippen LogP contribution is 2.37. The predicted molar refractivity (Wildman–Crippen MR) is 102 cm³/mol. The van der Waals surface area contributed by atoms with Crippen LogP contribution in [0.2, 0.25) is 0 Å². The van der Waals surface area contributed by atoms with Crippen molar-refractivity contribution < 1.29 is 14.4 Å². The Labute approximate surface area is 160 Å². The Kier molecular flexibility index (Phi) is 6.26. The van der Waals surface area contributed by atoms with Crippen LogP contribution in [0.4, 0.5) is 0 Å². The Morgan fingerprint density at radius 3 is 2.15 bits per heavy atom. The average Bonchev–Trinajstić information content (AvgIpc) is 2.90. The van der Waals surface area contributed by atoms with Crippen LogP contribution in [0.1, 0.15) is 43.2 Å². The molecule has 1 aliphatic heterocycles. The summed E-state index contributed by atoms with van der Waals surface area (Å²) >= 11 is 0. The van der Waals surface area contributed by atoms with Crippen molar-refractivity contribution in [1.29, 1.82) is 0 Å². The van der Waals surface area contributed by atoms with Crippen molar-refractivity contribution in [3.05, 3.63) is 35.4 Å². The summed E-state index contributed by atoms with van der Waals surface area (Å²) in [5.41, 5.74) is 2.26. The minimum absolute atomic E-state index is 0.0750. The predicted octanol–water partition coefficient (Wildman–Crippen LogP) is 1.93. The van der Waals surface area contributed by atoms with Gasteiger partial charge in [0.25, 0.3) is 0 Å². The number of hydrogen-bond acceptors (Lipinski definition) is 4. The largest absolute Gasteiger partial charge is 0.352 e. The maximum atomic E-state index is 12.4. The number of likely N-dealkylation sites (tertiary alicyclic amines) is 1. The third-order valence-electron chi connectivity index (χ3n) is 5.51. The smallest absolute Gasteiger partial charge is 0.233 e. The lowest BCUT2D eigenvalue weighted by Gasteiger charge is -2.19. The number of amides is 3. The van der Waals surface area contributed by atoms with Crippen molar-refractivity contribution in [3.8, 4) is 0 Å². The van der Waals surface area contributed by atoms with E-state index >= 15 is 0 Å². The fourth-order valence-corrected chi connectivity index (χ4v) is 4.08. The molecule has 1 saturated carbocycles. The second-order valence-corrected chi connectivity index (χ2v) is 7.91. The van der Waals surface area contributed by atoms with Crippen molar-refractivity contribution in [3.63, 3.8) is 0 Å². The second kappa shape index (κ2) is 8.65. The van der Waals surface area contributed by atoms with E-state index in [1.807, 2.05) is 26.2 Å². The molecule has 3 rings (SSSR count). The molecule has 0 unspecified atom stereocenters. The molecule has 1 saturated heterocycles. The Bertz CT molecular complexity index is 675. The quantitative estimate of drug-likeness (QED) is 0.744. The Morgan fingerprint density at radius 1 is 1.04 bits per heavy atom. The van der Waals surface area contributed by atoms with Gasteiger partial charge in [-0.1, -0.05) is 37.1 Å². The van der Waals surface area contributed by atoms with Gasteiger partial charge in [-0.05, 0) is 38.1 Å². The summed E-state index contributed by atoms with van der Waals surface area (Å²) < 4.78 is 0. The molecule has 27 heavy (non-hydrogen) atoms. The molecule has 1 aromatic carbocycles. The normalized spacial score (nSPS) is 22.3. The van der Waals surface area contributed by atoms with Crippen LogP contribution in [0, 0.1) is 11.8 Å². The third kappa shape index (κ3) is 4.75. The van der Waals surface area contributed by atoms with Gasteiger partial charge in [0, 0.05) is 26.1 Å². The van der Waals surface area contributed by atoms with E-state index in [0.717, 1.165) is 37.8 Å². The summed E-state index contributed by atoms with van der Waals surface area (Å²) in [6.07, 6.45) is 3.81. The van der Waals surface area contributed by atoms with Gasteiger partial charge in [-0.2, -0.15) is 0 Å². The molecule has 6 heteroatoms. The number of carbonyl (C=O) groups excluding carboxylic acids is 3. The number of rotatable bonds is 7. The van der Waals surface area contributed by atoms with Crippen LogP contribution in [-0.2, 0) is 27.5 Å². The zero-order valence-electron chi connectivity index (χ0n) is 16.2. The van der Waals surface area contributed by atoms with Crippen LogP contribution in [0.5, 0.6) is 0 Å². The standard InChI is InChI=1S/C21H29N3O3/c1-23(2)14-16-9-7-15(8-10-16)13-22-19(25)11-12-24-20(26)17-5-3-4-6-18(17)21(24)27/h7-10,17-18H,3-6,11-14H2,1-2H3,(H,22,25)/t17-,18-/m1/s1. The summed E-state index contributed by atoms with van der Waals surface area (Å²) in [5, 5.41) is 2.88. The van der Waals surface area contributed by atoms with E-state index in [9.17, 15) is 14.4 Å². The average molecular weight is 371 g/mol. The summed E-state index contributed by atoms with van der Waals surface area (Å²) in [6, 6.07) is 8.14. The number of hydrogen-bond donors (Lipinski definition) is 1. The number of nitrogens with zero attached hydrogens (tertiary/aromatic N) is 2. The number of carbonyl (C=O) groups is 3. The number of imide groups is 1. The first-order valence-corrected chi connectivity index (χ1v) is 9.80. The van der Waals surface area contributed by atoms with Crippen LogP contribution in [-0.4, -0.2) is 48.2 Å². The first kappa shape index (κ1) is 19.5. The molecular weight excluding hydrogens is 342 g/mol. The van der Waals surface area contributed by atoms with E-state index in [1.54, 1.807) is 0 Å². The molecule has 2 fully saturated rings. The topological polar surface area (TPSA) is 69.7 Å². The number of nitrogens with one attached hydrogen (secondary N) is 1. The lowest BCUT2D eigenvalue weighted by atomic mass is 9.81. The zero-order chi connectivity index (χ0) is 19.4. The van der Waals surface area contributed by atoms with E-state index in [0.29, 0.717) is 6.54 Å². The van der Waals surface area contributed by atoms with E-state index < -0.39 is 0 Å². The fraction of sp³-hybridized carbons (Fsp3) is 0.571. The first-order chi connectivity index (χ1) is 13.0. The summed E-state index contributed by atoms with van der Waals surface area (Å²) in [4.78, 5) is 40.4. The molecule has 0 bridgehead atoms. The van der Waals surface area contributed by atoms with E-state index in [4.69, 9.17) is 0 Å². The molecule has 146 valence electrons. The maximum Gasteiger partial charge on any atom is 0.233 e. The minimum Gasteiger partial charge on any atom is -0.352 e. The van der Waals surface area contributed by atoms with E-state index in [1.165, 1.54) is 10.5 Å². The molecule has 2 aliphatic rings. The Hall–Kier alpha value is -2.21. The van der Waals surface area contributed by atoms with Crippen LogP contribution in [0.25, 0.3) is 0 Å². The molecule has 0 radical (unpaired) electrons. The van der Waals surface area contributed by atoms with E-state index in [-0.39, 0.29) is 42.5 Å². The van der Waals surface area contributed by atoms with Gasteiger partial charge < -0.3 is 10.2 Å². The Morgan fingerprint density at radius 2 is 1.59 bits per heavy atom. The van der Waals surface area contributed by atoms with E-state index in [2.05, 4.69) is 22.3 Å². The fourth-order valence-electron chi connectivity index (χ4n) is 4.08. The van der Waals surface area contributed by atoms with Crippen molar-refractivity contribution in [2.45, 2.75) is 45.2 Å². The third-order valence-corrected chi connectivity index (χ3v) is 5.51. The molecule has 0 spiro atoms. The minimum atomic E-state index is -0.144. The molecule has 1 aliphatic carbocycles. The zero-order valence-corrected chi connectivity index (χ0v) is 16.2. The number of fused-ring (bicyclic) bond motifs is 1. The lowest BCUT2D eigenvalue weighted by molar-refractivity contribution is -0.140. The summed E-state index contributed by atoms with van der Waals surface area (Å²) in [6.45, 7) is 1.53. The van der Waals surface area contributed by atoms with Gasteiger partial charge in [-0.3, -0.25) is 19.3 Å². The highest BCUT2D eigenvalue weighted by atomic mass is 16.2. The molecule has 2 atom stereocenters. The molecule has 0 aromatic heterocycles. The highest BCUT2D eigenvalue weighted by molar-refractivity contribution is 6.05. The van der Waals surface area contributed by atoms with Gasteiger partial charge >= 0.3 is 0 Å². The van der Waals surface area contributed by atoms with Crippen LogP contribution >= 0.6 is 0 Å². The van der Waals surface area contributed by atoms with Gasteiger partial charge in [0.1, 0.15) is 0 Å². The van der Waals surface area contributed by atoms with Gasteiger partial charge in [0.05, 0.1) is 11.8 Å². The van der Waals surface area contributed by atoms with Gasteiger partial charge in [-0.25, -0.2) is 0 Å². The maximum absolute atomic E-state index is 12.4. The summed E-state index contributed by atoms with van der Waals surface area (Å²) in [5.74, 6) is -0.573. The SMILES string of the molecule is CN(C)Cc1ccc(CNC(=O)CCN2C(=O)[C@@H]3CCCC[C@H]3C2=O)cc1. The monoisotopic (exact) mass is 371 g/mol. The molecule has 1 heterocycles. The number of benzene rings is 1. The van der Waals surface area contributed by atoms with Crippen molar-refractivity contribution in [2.75, 3.05) is 20.6 Å². The molecule has 3 amide bonds. The van der Waals surface area contributed by atoms with Crippen LogP contribution < -0.4 is 5.32 Å². The molecule has 1 N–H and O–H groups in total. The van der Waals surface area contributed by atoms with Gasteiger partial charge in [-0.15, -0.1) is 0 Å².